The third-order valence-corrected chi connectivity index (χ3v) is 3.53. The maximum Gasteiger partial charge on any atom is 0.342 e. The van der Waals surface area contributed by atoms with Crippen molar-refractivity contribution in [2.45, 2.75) is 53.0 Å². The zero-order chi connectivity index (χ0) is 17.4. The molecule has 2 N–H and O–H groups in total. The number of aromatic hydroxyl groups is 1. The average Bonchev–Trinajstić information content (AvgIpc) is 2.44. The molecule has 0 radical (unpaired) electrons. The molecule has 0 fully saturated rings. The Balaban J connectivity index is 2.36. The number of esters is 1. The largest absolute Gasteiger partial charge is 0.507 e. The minimum Gasteiger partial charge on any atom is -0.507 e. The van der Waals surface area contributed by atoms with Crippen molar-refractivity contribution < 1.29 is 19.4 Å². The van der Waals surface area contributed by atoms with Crippen molar-refractivity contribution in [3.63, 3.8) is 0 Å². The quantitative estimate of drug-likeness (QED) is 0.721. The van der Waals surface area contributed by atoms with Gasteiger partial charge in [0.05, 0.1) is 0 Å². The van der Waals surface area contributed by atoms with Gasteiger partial charge in [0.25, 0.3) is 5.91 Å². The van der Waals surface area contributed by atoms with Gasteiger partial charge in [0, 0.05) is 6.04 Å². The number of hydrogen-bond acceptors (Lipinski definition) is 4. The number of hydrogen-bond donors (Lipinski definition) is 2. The van der Waals surface area contributed by atoms with Crippen LogP contribution in [0.1, 0.15) is 56.0 Å². The van der Waals surface area contributed by atoms with Crippen molar-refractivity contribution in [2.24, 2.45) is 5.92 Å². The second kappa shape index (κ2) is 9.18. The first kappa shape index (κ1) is 19.0. The topological polar surface area (TPSA) is 75.6 Å². The molecule has 0 unspecified atom stereocenters. The molecule has 23 heavy (non-hydrogen) atoms. The molecule has 1 rings (SSSR count). The first-order chi connectivity index (χ1) is 10.8. The summed E-state index contributed by atoms with van der Waals surface area (Å²) in [4.78, 5) is 23.6. The minimum atomic E-state index is -0.704. The van der Waals surface area contributed by atoms with E-state index in [0.717, 1.165) is 24.8 Å². The summed E-state index contributed by atoms with van der Waals surface area (Å²) in [5, 5.41) is 12.5. The van der Waals surface area contributed by atoms with Gasteiger partial charge in [-0.15, -0.1) is 0 Å². The van der Waals surface area contributed by atoms with Gasteiger partial charge in [-0.05, 0) is 43.9 Å². The monoisotopic (exact) mass is 321 g/mol. The number of benzene rings is 1. The number of rotatable bonds is 8. The Hall–Kier alpha value is -2.04. The van der Waals surface area contributed by atoms with Crippen molar-refractivity contribution in [3.8, 4) is 5.75 Å². The van der Waals surface area contributed by atoms with E-state index < -0.39 is 5.97 Å². The Labute approximate surface area is 138 Å². The zero-order valence-corrected chi connectivity index (χ0v) is 14.4. The molecule has 5 heteroatoms. The Morgan fingerprint density at radius 3 is 2.52 bits per heavy atom. The molecule has 0 aromatic heterocycles. The normalized spacial score (nSPS) is 12.0. The molecule has 128 valence electrons. The van der Waals surface area contributed by atoms with Gasteiger partial charge in [0.2, 0.25) is 0 Å². The van der Waals surface area contributed by atoms with Crippen LogP contribution in [0.2, 0.25) is 0 Å². The van der Waals surface area contributed by atoms with Gasteiger partial charge in [0.1, 0.15) is 11.3 Å². The summed E-state index contributed by atoms with van der Waals surface area (Å²) in [5.74, 6) is -0.523. The SMILES string of the molecule is Cc1ccc(C(=O)OCC(=O)N[C@@H](C)CCCC(C)C)c(O)c1. The number of carbonyl (C=O) groups is 2. The van der Waals surface area contributed by atoms with Crippen LogP contribution in [-0.2, 0) is 9.53 Å². The summed E-state index contributed by atoms with van der Waals surface area (Å²) < 4.78 is 4.94. The molecule has 1 aromatic rings. The van der Waals surface area contributed by atoms with E-state index >= 15 is 0 Å². The molecule has 5 nitrogen and oxygen atoms in total. The highest BCUT2D eigenvalue weighted by molar-refractivity contribution is 5.93. The molecular formula is C18H27NO4. The first-order valence-corrected chi connectivity index (χ1v) is 8.05. The molecule has 0 saturated heterocycles. The summed E-state index contributed by atoms with van der Waals surface area (Å²) in [6.45, 7) is 7.74. The van der Waals surface area contributed by atoms with E-state index in [1.54, 1.807) is 6.07 Å². The Bertz CT molecular complexity index is 540. The van der Waals surface area contributed by atoms with Crippen LogP contribution in [0.3, 0.4) is 0 Å². The summed E-state index contributed by atoms with van der Waals surface area (Å²) in [6, 6.07) is 4.72. The average molecular weight is 321 g/mol. The van der Waals surface area contributed by atoms with Crippen LogP contribution in [-0.4, -0.2) is 29.6 Å². The fourth-order valence-electron chi connectivity index (χ4n) is 2.24. The van der Waals surface area contributed by atoms with Gasteiger partial charge in [-0.2, -0.15) is 0 Å². The van der Waals surface area contributed by atoms with Crippen molar-refractivity contribution in [1.29, 1.82) is 0 Å². The van der Waals surface area contributed by atoms with E-state index in [-0.39, 0.29) is 29.9 Å². The Morgan fingerprint density at radius 1 is 1.22 bits per heavy atom. The van der Waals surface area contributed by atoms with Gasteiger partial charge in [-0.1, -0.05) is 32.8 Å². The predicted octanol–water partition coefficient (Wildman–Crippen LogP) is 3.19. The lowest BCUT2D eigenvalue weighted by Crippen LogP contribution is -2.35. The van der Waals surface area contributed by atoms with Gasteiger partial charge >= 0.3 is 5.97 Å². The fourth-order valence-corrected chi connectivity index (χ4v) is 2.24. The van der Waals surface area contributed by atoms with Crippen LogP contribution < -0.4 is 5.32 Å². The van der Waals surface area contributed by atoms with Crippen LogP contribution in [0.15, 0.2) is 18.2 Å². The highest BCUT2D eigenvalue weighted by atomic mass is 16.5. The number of nitrogens with one attached hydrogen (secondary N) is 1. The molecule has 1 atom stereocenters. The lowest BCUT2D eigenvalue weighted by Gasteiger charge is -2.14. The van der Waals surface area contributed by atoms with E-state index in [1.165, 1.54) is 12.1 Å². The molecule has 0 aliphatic carbocycles. The molecule has 0 spiro atoms. The van der Waals surface area contributed by atoms with Gasteiger partial charge in [-0.25, -0.2) is 4.79 Å². The number of ether oxygens (including phenoxy) is 1. The van der Waals surface area contributed by atoms with E-state index in [1.807, 2.05) is 13.8 Å². The highest BCUT2D eigenvalue weighted by Gasteiger charge is 2.15. The third-order valence-electron chi connectivity index (χ3n) is 3.53. The maximum absolute atomic E-state index is 11.9. The minimum absolute atomic E-state index is 0.0488. The van der Waals surface area contributed by atoms with Crippen LogP contribution in [0, 0.1) is 12.8 Å². The zero-order valence-electron chi connectivity index (χ0n) is 14.4. The Morgan fingerprint density at radius 2 is 1.91 bits per heavy atom. The van der Waals surface area contributed by atoms with Crippen molar-refractivity contribution >= 4 is 11.9 Å². The lowest BCUT2D eigenvalue weighted by molar-refractivity contribution is -0.124. The molecule has 0 heterocycles. The van der Waals surface area contributed by atoms with Crippen LogP contribution in [0.5, 0.6) is 5.75 Å². The number of aryl methyl sites for hydroxylation is 1. The first-order valence-electron chi connectivity index (χ1n) is 8.05. The number of phenols is 1. The lowest BCUT2D eigenvalue weighted by atomic mass is 10.0. The standard InChI is InChI=1S/C18H27NO4/c1-12(2)6-5-7-14(4)19-17(21)11-23-18(22)15-9-8-13(3)10-16(15)20/h8-10,12,14,20H,5-7,11H2,1-4H3,(H,19,21)/t14-/m0/s1. The van der Waals surface area contributed by atoms with E-state index in [9.17, 15) is 14.7 Å². The number of phenolic OH excluding ortho intramolecular Hbond substituents is 1. The molecule has 0 aliphatic heterocycles. The van der Waals surface area contributed by atoms with Gasteiger partial charge < -0.3 is 15.2 Å². The molecule has 1 amide bonds. The van der Waals surface area contributed by atoms with E-state index in [4.69, 9.17) is 4.74 Å². The Kier molecular flexibility index (Phi) is 7.59. The van der Waals surface area contributed by atoms with Gasteiger partial charge in [-0.3, -0.25) is 4.79 Å². The van der Waals surface area contributed by atoms with E-state index in [0.29, 0.717) is 5.92 Å². The molecule has 1 aromatic carbocycles. The second-order valence-corrected chi connectivity index (χ2v) is 6.39. The van der Waals surface area contributed by atoms with Crippen LogP contribution in [0.4, 0.5) is 0 Å². The summed E-state index contributed by atoms with van der Waals surface area (Å²) in [5.41, 5.74) is 0.903. The van der Waals surface area contributed by atoms with E-state index in [2.05, 4.69) is 19.2 Å². The van der Waals surface area contributed by atoms with Crippen molar-refractivity contribution in [1.82, 2.24) is 5.32 Å². The highest BCUT2D eigenvalue weighted by Crippen LogP contribution is 2.19. The molecule has 0 saturated carbocycles. The predicted molar refractivity (Wildman–Crippen MR) is 89.4 cm³/mol. The van der Waals surface area contributed by atoms with Crippen molar-refractivity contribution in [3.05, 3.63) is 29.3 Å². The summed E-state index contributed by atoms with van der Waals surface area (Å²) >= 11 is 0. The summed E-state index contributed by atoms with van der Waals surface area (Å²) in [6.07, 6.45) is 3.08. The third kappa shape index (κ3) is 7.17. The van der Waals surface area contributed by atoms with Crippen LogP contribution >= 0.6 is 0 Å². The number of amides is 1. The molecule has 0 aliphatic rings. The van der Waals surface area contributed by atoms with Gasteiger partial charge in [0.15, 0.2) is 6.61 Å². The molecule has 0 bridgehead atoms. The second-order valence-electron chi connectivity index (χ2n) is 6.39. The molecular weight excluding hydrogens is 294 g/mol. The summed E-state index contributed by atoms with van der Waals surface area (Å²) in [7, 11) is 0. The smallest absolute Gasteiger partial charge is 0.342 e. The fraction of sp³-hybridized carbons (Fsp3) is 0.556. The van der Waals surface area contributed by atoms with Crippen molar-refractivity contribution in [2.75, 3.05) is 6.61 Å². The number of carbonyl (C=O) groups excluding carboxylic acids is 2. The maximum atomic E-state index is 11.9. The van der Waals surface area contributed by atoms with Crippen LogP contribution in [0.25, 0.3) is 0 Å².